The Hall–Kier alpha value is -1.87. The Labute approximate surface area is 114 Å². The Morgan fingerprint density at radius 1 is 1.21 bits per heavy atom. The first-order valence-corrected chi connectivity index (χ1v) is 6.25. The van der Waals surface area contributed by atoms with E-state index in [1.807, 2.05) is 51.1 Å². The van der Waals surface area contributed by atoms with Crippen LogP contribution in [0, 0.1) is 0 Å². The first-order valence-electron chi connectivity index (χ1n) is 6.25. The molecule has 0 aliphatic carbocycles. The number of carbonyl (C=O) groups excluding carboxylic acids is 1. The maximum atomic E-state index is 11.9. The third-order valence-corrected chi connectivity index (χ3v) is 2.62. The molecular formula is C16H21NO2. The average Bonchev–Trinajstić information content (AvgIpc) is 2.35. The molecule has 0 fully saturated rings. The van der Waals surface area contributed by atoms with Crippen molar-refractivity contribution in [3.8, 4) is 0 Å². The maximum absolute atomic E-state index is 11.9. The summed E-state index contributed by atoms with van der Waals surface area (Å²) in [7, 11) is 0. The molecule has 1 aromatic rings. The predicted molar refractivity (Wildman–Crippen MR) is 77.6 cm³/mol. The molecule has 3 nitrogen and oxygen atoms in total. The Bertz CT molecular complexity index is 481. The van der Waals surface area contributed by atoms with Gasteiger partial charge in [-0.05, 0) is 39.3 Å². The van der Waals surface area contributed by atoms with Gasteiger partial charge in [0.05, 0.1) is 5.54 Å². The number of hydrogen-bond donors (Lipinski definition) is 1. The quantitative estimate of drug-likeness (QED) is 0.662. The molecule has 0 saturated carbocycles. The van der Waals surface area contributed by atoms with Crippen LogP contribution in [-0.4, -0.2) is 21.6 Å². The highest BCUT2D eigenvalue weighted by atomic mass is 16.5. The van der Waals surface area contributed by atoms with Crippen LogP contribution in [0.15, 0.2) is 48.2 Å². The number of carbonyl (C=O) groups is 1. The second-order valence-electron chi connectivity index (χ2n) is 5.44. The van der Waals surface area contributed by atoms with Crippen molar-refractivity contribution in [3.63, 3.8) is 0 Å². The molecule has 0 atom stereocenters. The molecule has 0 heterocycles. The van der Waals surface area contributed by atoms with E-state index in [1.165, 1.54) is 12.3 Å². The molecule has 0 aliphatic heterocycles. The van der Waals surface area contributed by atoms with Gasteiger partial charge in [0.15, 0.2) is 5.78 Å². The van der Waals surface area contributed by atoms with Crippen LogP contribution in [-0.2, 0) is 4.79 Å². The van der Waals surface area contributed by atoms with Crippen molar-refractivity contribution < 1.29 is 10.0 Å². The Kier molecular flexibility index (Phi) is 5.07. The van der Waals surface area contributed by atoms with E-state index < -0.39 is 5.54 Å². The van der Waals surface area contributed by atoms with Gasteiger partial charge in [-0.15, -0.1) is 0 Å². The van der Waals surface area contributed by atoms with Gasteiger partial charge in [0.2, 0.25) is 0 Å². The number of nitrogens with zero attached hydrogens (tertiary/aromatic N) is 1. The number of ketones is 1. The Morgan fingerprint density at radius 2 is 1.79 bits per heavy atom. The number of benzene rings is 1. The highest BCUT2D eigenvalue weighted by Crippen LogP contribution is 2.12. The standard InChI is InChI=1S/C16H21NO2/c1-13(12-17(19)16(2,3)4)15(18)11-10-14-8-6-5-7-9-14/h5-12,19H,1-4H3. The van der Waals surface area contributed by atoms with E-state index in [0.29, 0.717) is 5.57 Å². The van der Waals surface area contributed by atoms with E-state index in [2.05, 4.69) is 0 Å². The van der Waals surface area contributed by atoms with Gasteiger partial charge in [0.1, 0.15) is 0 Å². The molecular weight excluding hydrogens is 238 g/mol. The van der Waals surface area contributed by atoms with Crippen molar-refractivity contribution in [1.82, 2.24) is 5.06 Å². The lowest BCUT2D eigenvalue weighted by Crippen LogP contribution is -2.34. The van der Waals surface area contributed by atoms with E-state index in [9.17, 15) is 10.0 Å². The molecule has 0 aliphatic rings. The van der Waals surface area contributed by atoms with Crippen LogP contribution in [0.5, 0.6) is 0 Å². The summed E-state index contributed by atoms with van der Waals surface area (Å²) in [5.41, 5.74) is 1.04. The average molecular weight is 259 g/mol. The summed E-state index contributed by atoms with van der Waals surface area (Å²) in [5, 5.41) is 10.8. The van der Waals surface area contributed by atoms with Crippen LogP contribution in [0.3, 0.4) is 0 Å². The number of hydroxylamine groups is 2. The molecule has 0 amide bonds. The van der Waals surface area contributed by atoms with Crippen molar-refractivity contribution in [3.05, 3.63) is 53.7 Å². The Morgan fingerprint density at radius 3 is 2.32 bits per heavy atom. The topological polar surface area (TPSA) is 40.5 Å². The van der Waals surface area contributed by atoms with Gasteiger partial charge >= 0.3 is 0 Å². The second kappa shape index (κ2) is 6.34. The summed E-state index contributed by atoms with van der Waals surface area (Å²) < 4.78 is 0. The minimum absolute atomic E-state index is 0.118. The molecule has 0 aromatic heterocycles. The lowest BCUT2D eigenvalue weighted by atomic mass is 10.1. The zero-order valence-electron chi connectivity index (χ0n) is 11.9. The first-order chi connectivity index (χ1) is 8.80. The van der Waals surface area contributed by atoms with Crippen LogP contribution in [0.25, 0.3) is 6.08 Å². The van der Waals surface area contributed by atoms with Crippen LogP contribution >= 0.6 is 0 Å². The second-order valence-corrected chi connectivity index (χ2v) is 5.44. The predicted octanol–water partition coefficient (Wildman–Crippen LogP) is 3.66. The summed E-state index contributed by atoms with van der Waals surface area (Å²) in [5.74, 6) is -0.118. The molecule has 1 N–H and O–H groups in total. The van der Waals surface area contributed by atoms with E-state index in [-0.39, 0.29) is 5.78 Å². The summed E-state index contributed by atoms with van der Waals surface area (Å²) in [6.45, 7) is 7.27. The van der Waals surface area contributed by atoms with Gasteiger partial charge < -0.3 is 0 Å². The van der Waals surface area contributed by atoms with Gasteiger partial charge in [-0.1, -0.05) is 36.4 Å². The molecule has 1 rings (SSSR count). The van der Waals surface area contributed by atoms with Crippen molar-refractivity contribution in [2.45, 2.75) is 33.2 Å². The van der Waals surface area contributed by atoms with Crippen molar-refractivity contribution in [2.75, 3.05) is 0 Å². The minimum atomic E-state index is -0.426. The zero-order chi connectivity index (χ0) is 14.5. The smallest absolute Gasteiger partial charge is 0.183 e. The fourth-order valence-electron chi connectivity index (χ4n) is 1.31. The van der Waals surface area contributed by atoms with Crippen LogP contribution in [0.2, 0.25) is 0 Å². The molecule has 19 heavy (non-hydrogen) atoms. The van der Waals surface area contributed by atoms with E-state index >= 15 is 0 Å². The largest absolute Gasteiger partial charge is 0.290 e. The Balaban J connectivity index is 2.73. The number of allylic oxidation sites excluding steroid dienone is 2. The van der Waals surface area contributed by atoms with Gasteiger partial charge in [-0.25, -0.2) is 0 Å². The molecule has 0 bridgehead atoms. The monoisotopic (exact) mass is 259 g/mol. The molecule has 102 valence electrons. The molecule has 0 spiro atoms. The van der Waals surface area contributed by atoms with Crippen molar-refractivity contribution in [2.24, 2.45) is 0 Å². The molecule has 3 heteroatoms. The maximum Gasteiger partial charge on any atom is 0.183 e. The summed E-state index contributed by atoms with van der Waals surface area (Å²) in [6, 6.07) is 9.62. The van der Waals surface area contributed by atoms with E-state index in [1.54, 1.807) is 13.0 Å². The molecule has 0 saturated heterocycles. The van der Waals surface area contributed by atoms with E-state index in [0.717, 1.165) is 10.6 Å². The van der Waals surface area contributed by atoms with Crippen LogP contribution in [0.4, 0.5) is 0 Å². The van der Waals surface area contributed by atoms with Gasteiger partial charge in [-0.2, -0.15) is 0 Å². The minimum Gasteiger partial charge on any atom is -0.290 e. The first kappa shape index (κ1) is 15.2. The van der Waals surface area contributed by atoms with Crippen LogP contribution < -0.4 is 0 Å². The molecule has 1 aromatic carbocycles. The fourth-order valence-corrected chi connectivity index (χ4v) is 1.31. The normalized spacial score (nSPS) is 12.8. The number of rotatable bonds is 4. The zero-order valence-corrected chi connectivity index (χ0v) is 11.9. The van der Waals surface area contributed by atoms with E-state index in [4.69, 9.17) is 0 Å². The third-order valence-electron chi connectivity index (χ3n) is 2.62. The van der Waals surface area contributed by atoms with Gasteiger partial charge in [0.25, 0.3) is 0 Å². The summed E-state index contributed by atoms with van der Waals surface area (Å²) in [6.07, 6.45) is 4.73. The number of hydrogen-bond acceptors (Lipinski definition) is 3. The lowest BCUT2D eigenvalue weighted by Gasteiger charge is -2.28. The van der Waals surface area contributed by atoms with Gasteiger partial charge in [-0.3, -0.25) is 15.1 Å². The molecule has 0 radical (unpaired) electrons. The third kappa shape index (κ3) is 5.10. The summed E-state index contributed by atoms with van der Waals surface area (Å²) in [4.78, 5) is 11.9. The SMILES string of the molecule is CC(=CN(O)C(C)(C)C)C(=O)C=Cc1ccccc1. The van der Waals surface area contributed by atoms with Crippen LogP contribution in [0.1, 0.15) is 33.3 Å². The lowest BCUT2D eigenvalue weighted by molar-refractivity contribution is -0.116. The van der Waals surface area contributed by atoms with Crippen molar-refractivity contribution in [1.29, 1.82) is 0 Å². The highest BCUT2D eigenvalue weighted by molar-refractivity contribution is 6.05. The fraction of sp³-hybridized carbons (Fsp3) is 0.312. The van der Waals surface area contributed by atoms with Crippen molar-refractivity contribution >= 4 is 11.9 Å². The summed E-state index contributed by atoms with van der Waals surface area (Å²) >= 11 is 0. The van der Waals surface area contributed by atoms with Gasteiger partial charge in [0, 0.05) is 11.8 Å². The molecule has 0 unspecified atom stereocenters. The highest BCUT2D eigenvalue weighted by Gasteiger charge is 2.16.